The molecular weight excluding hydrogens is 284 g/mol. The van der Waals surface area contributed by atoms with Gasteiger partial charge in [0.2, 0.25) is 0 Å². The van der Waals surface area contributed by atoms with Crippen molar-refractivity contribution < 1.29 is 13.6 Å². The standard InChI is InChI=1S/C15H8ClF2NO/c16-9-3-1-8(2-4-9)15-11(7-20)14-12(18)5-10(17)6-13(14)19-15/h1-7,19H. The van der Waals surface area contributed by atoms with Gasteiger partial charge in [0.05, 0.1) is 16.8 Å². The zero-order chi connectivity index (χ0) is 14.3. The number of carbonyl (C=O) groups excluding carboxylic acids is 1. The molecule has 0 aliphatic rings. The van der Waals surface area contributed by atoms with Gasteiger partial charge in [0.25, 0.3) is 0 Å². The molecule has 1 heterocycles. The van der Waals surface area contributed by atoms with Crippen LogP contribution in [0.4, 0.5) is 8.78 Å². The fourth-order valence-electron chi connectivity index (χ4n) is 2.24. The second-order valence-corrected chi connectivity index (χ2v) is 4.79. The van der Waals surface area contributed by atoms with Crippen LogP contribution in [-0.2, 0) is 0 Å². The van der Waals surface area contributed by atoms with Gasteiger partial charge in [-0.3, -0.25) is 4.79 Å². The van der Waals surface area contributed by atoms with Crippen LogP contribution < -0.4 is 0 Å². The summed E-state index contributed by atoms with van der Waals surface area (Å²) in [5, 5.41) is 0.640. The average molecular weight is 292 g/mol. The van der Waals surface area contributed by atoms with E-state index in [1.54, 1.807) is 24.3 Å². The number of aldehydes is 1. The third kappa shape index (κ3) is 1.98. The van der Waals surface area contributed by atoms with E-state index in [2.05, 4.69) is 4.98 Å². The van der Waals surface area contributed by atoms with E-state index < -0.39 is 11.6 Å². The average Bonchev–Trinajstić information content (AvgIpc) is 2.78. The first-order valence-corrected chi connectivity index (χ1v) is 6.20. The van der Waals surface area contributed by atoms with Crippen LogP contribution in [0.25, 0.3) is 22.2 Å². The summed E-state index contributed by atoms with van der Waals surface area (Å²) in [6.45, 7) is 0. The Kier molecular flexibility index (Phi) is 3.03. The zero-order valence-electron chi connectivity index (χ0n) is 10.1. The SMILES string of the molecule is O=Cc1c(-c2ccc(Cl)cc2)[nH]c2cc(F)cc(F)c12. The van der Waals surface area contributed by atoms with Gasteiger partial charge in [-0.2, -0.15) is 0 Å². The van der Waals surface area contributed by atoms with Crippen molar-refractivity contribution in [3.05, 3.63) is 58.6 Å². The zero-order valence-corrected chi connectivity index (χ0v) is 10.8. The van der Waals surface area contributed by atoms with Crippen molar-refractivity contribution in [2.24, 2.45) is 0 Å². The summed E-state index contributed by atoms with van der Waals surface area (Å²) in [5.74, 6) is -1.46. The van der Waals surface area contributed by atoms with E-state index in [0.29, 0.717) is 22.6 Å². The van der Waals surface area contributed by atoms with Crippen LogP contribution in [-0.4, -0.2) is 11.3 Å². The molecule has 0 aliphatic heterocycles. The Morgan fingerprint density at radius 2 is 1.80 bits per heavy atom. The van der Waals surface area contributed by atoms with Gasteiger partial charge in [-0.15, -0.1) is 0 Å². The molecule has 5 heteroatoms. The van der Waals surface area contributed by atoms with Crippen LogP contribution in [0.2, 0.25) is 5.02 Å². The van der Waals surface area contributed by atoms with Crippen LogP contribution in [0.5, 0.6) is 0 Å². The molecule has 0 bridgehead atoms. The summed E-state index contributed by atoms with van der Waals surface area (Å²) in [6.07, 6.45) is 0.559. The van der Waals surface area contributed by atoms with E-state index >= 15 is 0 Å². The van der Waals surface area contributed by atoms with Gasteiger partial charge < -0.3 is 4.98 Å². The van der Waals surface area contributed by atoms with Crippen molar-refractivity contribution in [3.8, 4) is 11.3 Å². The topological polar surface area (TPSA) is 32.9 Å². The van der Waals surface area contributed by atoms with Crippen molar-refractivity contribution >= 4 is 28.8 Å². The number of H-pyrrole nitrogens is 1. The minimum absolute atomic E-state index is 0.0892. The lowest BCUT2D eigenvalue weighted by Gasteiger charge is -2.00. The number of hydrogen-bond acceptors (Lipinski definition) is 1. The highest BCUT2D eigenvalue weighted by atomic mass is 35.5. The van der Waals surface area contributed by atoms with E-state index in [9.17, 15) is 13.6 Å². The molecule has 0 saturated heterocycles. The third-order valence-electron chi connectivity index (χ3n) is 3.10. The fraction of sp³-hybridized carbons (Fsp3) is 0. The smallest absolute Gasteiger partial charge is 0.152 e. The molecule has 2 aromatic carbocycles. The summed E-state index contributed by atoms with van der Waals surface area (Å²) < 4.78 is 27.1. The van der Waals surface area contributed by atoms with Crippen LogP contribution in [0.3, 0.4) is 0 Å². The normalized spacial score (nSPS) is 10.9. The maximum atomic E-state index is 13.8. The second-order valence-electron chi connectivity index (χ2n) is 4.35. The summed E-state index contributed by atoms with van der Waals surface area (Å²) >= 11 is 5.81. The van der Waals surface area contributed by atoms with Crippen LogP contribution >= 0.6 is 11.6 Å². The third-order valence-corrected chi connectivity index (χ3v) is 3.36. The molecule has 0 atom stereocenters. The Balaban J connectivity index is 2.33. The first kappa shape index (κ1) is 12.8. The highest BCUT2D eigenvalue weighted by Crippen LogP contribution is 2.31. The number of rotatable bonds is 2. The Morgan fingerprint density at radius 3 is 2.45 bits per heavy atom. The number of nitrogens with one attached hydrogen (secondary N) is 1. The quantitative estimate of drug-likeness (QED) is 0.689. The van der Waals surface area contributed by atoms with Gasteiger partial charge in [-0.1, -0.05) is 23.7 Å². The van der Waals surface area contributed by atoms with Crippen molar-refractivity contribution in [2.45, 2.75) is 0 Å². The molecule has 0 unspecified atom stereocenters. The minimum atomic E-state index is -0.765. The predicted molar refractivity (Wildman–Crippen MR) is 74.0 cm³/mol. The van der Waals surface area contributed by atoms with Crippen LogP contribution in [0.15, 0.2) is 36.4 Å². The molecule has 0 aliphatic carbocycles. The Hall–Kier alpha value is -2.20. The summed E-state index contributed by atoms with van der Waals surface area (Å²) in [6, 6.07) is 8.64. The van der Waals surface area contributed by atoms with Gasteiger partial charge in [-0.25, -0.2) is 8.78 Å². The van der Waals surface area contributed by atoms with Gasteiger partial charge in [0.15, 0.2) is 6.29 Å². The number of fused-ring (bicyclic) bond motifs is 1. The molecular formula is C15H8ClF2NO. The minimum Gasteiger partial charge on any atom is -0.354 e. The van der Waals surface area contributed by atoms with E-state index in [0.717, 1.165) is 12.1 Å². The molecule has 3 rings (SSSR count). The summed E-state index contributed by atoms with van der Waals surface area (Å²) in [4.78, 5) is 14.2. The van der Waals surface area contributed by atoms with Gasteiger partial charge in [0, 0.05) is 16.5 Å². The molecule has 1 aromatic heterocycles. The van der Waals surface area contributed by atoms with Crippen LogP contribution in [0.1, 0.15) is 10.4 Å². The first-order chi connectivity index (χ1) is 9.60. The first-order valence-electron chi connectivity index (χ1n) is 5.82. The molecule has 2 nitrogen and oxygen atoms in total. The van der Waals surface area contributed by atoms with Crippen LogP contribution in [0, 0.1) is 11.6 Å². The maximum absolute atomic E-state index is 13.8. The highest BCUT2D eigenvalue weighted by molar-refractivity contribution is 6.30. The number of hydrogen-bond donors (Lipinski definition) is 1. The summed E-state index contributed by atoms with van der Waals surface area (Å²) in [7, 11) is 0. The summed E-state index contributed by atoms with van der Waals surface area (Å²) in [5.41, 5.74) is 1.53. The molecule has 1 N–H and O–H groups in total. The lowest BCUT2D eigenvalue weighted by atomic mass is 10.1. The number of aromatic nitrogens is 1. The predicted octanol–water partition coefficient (Wildman–Crippen LogP) is 4.58. The number of aromatic amines is 1. The Labute approximate surface area is 118 Å². The van der Waals surface area contributed by atoms with E-state index in [1.165, 1.54) is 0 Å². The lowest BCUT2D eigenvalue weighted by molar-refractivity contribution is 0.112. The Bertz CT molecular complexity index is 809. The van der Waals surface area contributed by atoms with Crippen molar-refractivity contribution in [1.82, 2.24) is 4.98 Å². The number of benzene rings is 2. The van der Waals surface area contributed by atoms with E-state index in [-0.39, 0.29) is 16.5 Å². The molecule has 0 fully saturated rings. The van der Waals surface area contributed by atoms with Crippen molar-refractivity contribution in [2.75, 3.05) is 0 Å². The Morgan fingerprint density at radius 1 is 1.10 bits per heavy atom. The van der Waals surface area contributed by atoms with E-state index in [1.807, 2.05) is 0 Å². The van der Waals surface area contributed by atoms with Crippen molar-refractivity contribution in [1.29, 1.82) is 0 Å². The van der Waals surface area contributed by atoms with E-state index in [4.69, 9.17) is 11.6 Å². The molecule has 0 spiro atoms. The molecule has 20 heavy (non-hydrogen) atoms. The van der Waals surface area contributed by atoms with Gasteiger partial charge in [0.1, 0.15) is 11.6 Å². The molecule has 0 amide bonds. The maximum Gasteiger partial charge on any atom is 0.152 e. The lowest BCUT2D eigenvalue weighted by Crippen LogP contribution is -1.86. The molecule has 0 saturated carbocycles. The van der Waals surface area contributed by atoms with Crippen molar-refractivity contribution in [3.63, 3.8) is 0 Å². The molecule has 0 radical (unpaired) electrons. The fourth-order valence-corrected chi connectivity index (χ4v) is 2.36. The molecule has 3 aromatic rings. The second kappa shape index (κ2) is 4.72. The number of halogens is 3. The number of carbonyl (C=O) groups is 1. The van der Waals surface area contributed by atoms with Gasteiger partial charge in [-0.05, 0) is 23.8 Å². The highest BCUT2D eigenvalue weighted by Gasteiger charge is 2.17. The monoisotopic (exact) mass is 291 g/mol. The van der Waals surface area contributed by atoms with Gasteiger partial charge >= 0.3 is 0 Å². The molecule has 100 valence electrons. The largest absolute Gasteiger partial charge is 0.354 e.